The first-order chi connectivity index (χ1) is 11.2. The van der Waals surface area contributed by atoms with Crippen molar-refractivity contribution in [3.63, 3.8) is 0 Å². The number of amides is 1. The highest BCUT2D eigenvalue weighted by Gasteiger charge is 2.30. The van der Waals surface area contributed by atoms with Crippen LogP contribution in [0.5, 0.6) is 5.75 Å². The molecule has 4 heteroatoms. The Morgan fingerprint density at radius 2 is 1.87 bits per heavy atom. The zero-order chi connectivity index (χ0) is 16.2. The van der Waals surface area contributed by atoms with Gasteiger partial charge in [0, 0.05) is 31.2 Å². The molecule has 1 amide bonds. The molecule has 1 saturated heterocycles. The summed E-state index contributed by atoms with van der Waals surface area (Å²) in [7, 11) is 1.69. The fourth-order valence-corrected chi connectivity index (χ4v) is 3.49. The number of piperidine rings is 1. The molecule has 1 heterocycles. The van der Waals surface area contributed by atoms with Crippen molar-refractivity contribution in [3.05, 3.63) is 24.3 Å². The average molecular weight is 316 g/mol. The molecule has 0 unspecified atom stereocenters. The number of benzene rings is 1. The first-order valence-corrected chi connectivity index (χ1v) is 8.84. The summed E-state index contributed by atoms with van der Waals surface area (Å²) >= 11 is 0. The summed E-state index contributed by atoms with van der Waals surface area (Å²) < 4.78 is 5.20. The fourth-order valence-electron chi connectivity index (χ4n) is 3.49. The lowest BCUT2D eigenvalue weighted by molar-refractivity contribution is -0.122. The van der Waals surface area contributed by atoms with Crippen LogP contribution >= 0.6 is 0 Å². The van der Waals surface area contributed by atoms with E-state index in [-0.39, 0.29) is 5.91 Å². The first-order valence-electron chi connectivity index (χ1n) is 8.84. The van der Waals surface area contributed by atoms with Gasteiger partial charge in [0.2, 0.25) is 5.91 Å². The average Bonchev–Trinajstić information content (AvgIpc) is 3.40. The lowest BCUT2D eigenvalue weighted by Gasteiger charge is -2.34. The number of carbonyl (C=O) groups excluding carboxylic acids is 1. The van der Waals surface area contributed by atoms with Gasteiger partial charge in [-0.3, -0.25) is 4.79 Å². The van der Waals surface area contributed by atoms with Gasteiger partial charge in [0.05, 0.1) is 7.11 Å². The minimum atomic E-state index is 0.243. The molecule has 1 aliphatic carbocycles. The summed E-state index contributed by atoms with van der Waals surface area (Å²) in [5.74, 6) is 2.49. The molecule has 1 aromatic carbocycles. The van der Waals surface area contributed by atoms with E-state index in [1.54, 1.807) is 7.11 Å². The van der Waals surface area contributed by atoms with E-state index in [1.807, 2.05) is 12.1 Å². The second kappa shape index (κ2) is 7.24. The molecule has 0 spiro atoms. The predicted octanol–water partition coefficient (Wildman–Crippen LogP) is 3.22. The molecular formula is C19H28N2O2. The predicted molar refractivity (Wildman–Crippen MR) is 92.9 cm³/mol. The van der Waals surface area contributed by atoms with E-state index in [0.717, 1.165) is 37.6 Å². The Hall–Kier alpha value is -1.71. The lowest BCUT2D eigenvalue weighted by Crippen LogP contribution is -2.45. The Balaban J connectivity index is 1.43. The Morgan fingerprint density at radius 1 is 1.22 bits per heavy atom. The van der Waals surface area contributed by atoms with Crippen LogP contribution in [-0.2, 0) is 4.79 Å². The number of nitrogens with zero attached hydrogens (tertiary/aromatic N) is 1. The molecule has 1 atom stereocenters. The van der Waals surface area contributed by atoms with Crippen LogP contribution in [-0.4, -0.2) is 32.1 Å². The van der Waals surface area contributed by atoms with Gasteiger partial charge >= 0.3 is 0 Å². The first kappa shape index (κ1) is 16.2. The highest BCUT2D eigenvalue weighted by molar-refractivity contribution is 5.76. The van der Waals surface area contributed by atoms with Crippen LogP contribution in [0.4, 0.5) is 5.69 Å². The number of hydrogen-bond acceptors (Lipinski definition) is 3. The van der Waals surface area contributed by atoms with Crippen LogP contribution < -0.4 is 15.0 Å². The summed E-state index contributed by atoms with van der Waals surface area (Å²) in [4.78, 5) is 14.5. The molecule has 3 rings (SSSR count). The van der Waals surface area contributed by atoms with Gasteiger partial charge in [0.15, 0.2) is 0 Å². The van der Waals surface area contributed by atoms with Crippen molar-refractivity contribution in [3.8, 4) is 5.75 Å². The Morgan fingerprint density at radius 3 is 2.43 bits per heavy atom. The standard InChI is InChI=1S/C19H28N2O2/c1-14(15-3-4-15)13-19(22)20-16-9-11-21(12-10-16)17-5-7-18(23-2)8-6-17/h5-8,14-16H,3-4,9-13H2,1-2H3,(H,20,22)/t14-/m0/s1. The smallest absolute Gasteiger partial charge is 0.220 e. The number of carbonyl (C=O) groups is 1. The van der Waals surface area contributed by atoms with Crippen LogP contribution in [0.3, 0.4) is 0 Å². The van der Waals surface area contributed by atoms with Gasteiger partial charge < -0.3 is 15.0 Å². The largest absolute Gasteiger partial charge is 0.497 e. The summed E-state index contributed by atoms with van der Waals surface area (Å²) in [5, 5.41) is 3.24. The van der Waals surface area contributed by atoms with Crippen LogP contribution in [0.1, 0.15) is 39.0 Å². The van der Waals surface area contributed by atoms with E-state index in [0.29, 0.717) is 18.4 Å². The van der Waals surface area contributed by atoms with Crippen molar-refractivity contribution in [1.29, 1.82) is 0 Å². The highest BCUT2D eigenvalue weighted by Crippen LogP contribution is 2.38. The van der Waals surface area contributed by atoms with E-state index in [2.05, 4.69) is 29.3 Å². The van der Waals surface area contributed by atoms with Gasteiger partial charge in [-0.05, 0) is 61.8 Å². The molecule has 2 fully saturated rings. The van der Waals surface area contributed by atoms with Crippen molar-refractivity contribution in [2.45, 2.75) is 45.1 Å². The SMILES string of the molecule is COc1ccc(N2CCC(NC(=O)C[C@H](C)C3CC3)CC2)cc1. The number of anilines is 1. The maximum Gasteiger partial charge on any atom is 0.220 e. The molecule has 1 N–H and O–H groups in total. The molecule has 1 saturated carbocycles. The van der Waals surface area contributed by atoms with Crippen LogP contribution in [0.25, 0.3) is 0 Å². The molecule has 126 valence electrons. The molecule has 2 aliphatic rings. The summed E-state index contributed by atoms with van der Waals surface area (Å²) in [6.07, 6.45) is 5.37. The maximum atomic E-state index is 12.1. The maximum absolute atomic E-state index is 12.1. The van der Waals surface area contributed by atoms with Crippen molar-refractivity contribution in [1.82, 2.24) is 5.32 Å². The van der Waals surface area contributed by atoms with Crippen LogP contribution in [0, 0.1) is 11.8 Å². The van der Waals surface area contributed by atoms with Crippen molar-refractivity contribution >= 4 is 11.6 Å². The van der Waals surface area contributed by atoms with Gasteiger partial charge in [0.1, 0.15) is 5.75 Å². The number of nitrogens with one attached hydrogen (secondary N) is 1. The van der Waals surface area contributed by atoms with E-state index in [4.69, 9.17) is 4.74 Å². The Labute approximate surface area is 139 Å². The van der Waals surface area contributed by atoms with E-state index >= 15 is 0 Å². The Bertz CT molecular complexity index is 517. The minimum Gasteiger partial charge on any atom is -0.497 e. The molecule has 0 aromatic heterocycles. The monoisotopic (exact) mass is 316 g/mol. The molecular weight excluding hydrogens is 288 g/mol. The van der Waals surface area contributed by atoms with Gasteiger partial charge in [-0.1, -0.05) is 6.92 Å². The van der Waals surface area contributed by atoms with Crippen molar-refractivity contribution in [2.24, 2.45) is 11.8 Å². The van der Waals surface area contributed by atoms with Gasteiger partial charge in [-0.25, -0.2) is 0 Å². The number of hydrogen-bond donors (Lipinski definition) is 1. The van der Waals surface area contributed by atoms with Crippen molar-refractivity contribution in [2.75, 3.05) is 25.1 Å². The molecule has 0 radical (unpaired) electrons. The van der Waals surface area contributed by atoms with Gasteiger partial charge in [-0.15, -0.1) is 0 Å². The van der Waals surface area contributed by atoms with Crippen LogP contribution in [0.15, 0.2) is 24.3 Å². The number of rotatable bonds is 6. The third-order valence-electron chi connectivity index (χ3n) is 5.23. The normalized spacial score (nSPS) is 20.2. The lowest BCUT2D eigenvalue weighted by atomic mass is 10.00. The molecule has 23 heavy (non-hydrogen) atoms. The van der Waals surface area contributed by atoms with Gasteiger partial charge in [0.25, 0.3) is 0 Å². The molecule has 4 nitrogen and oxygen atoms in total. The molecule has 0 bridgehead atoms. The van der Waals surface area contributed by atoms with E-state index in [1.165, 1.54) is 18.5 Å². The molecule has 1 aromatic rings. The van der Waals surface area contributed by atoms with Crippen LogP contribution in [0.2, 0.25) is 0 Å². The topological polar surface area (TPSA) is 41.6 Å². The summed E-state index contributed by atoms with van der Waals surface area (Å²) in [6.45, 7) is 4.20. The van der Waals surface area contributed by atoms with Crippen molar-refractivity contribution < 1.29 is 9.53 Å². The highest BCUT2D eigenvalue weighted by atomic mass is 16.5. The third kappa shape index (κ3) is 4.40. The van der Waals surface area contributed by atoms with E-state index in [9.17, 15) is 4.79 Å². The fraction of sp³-hybridized carbons (Fsp3) is 0.632. The zero-order valence-corrected chi connectivity index (χ0v) is 14.3. The van der Waals surface area contributed by atoms with E-state index < -0.39 is 0 Å². The quantitative estimate of drug-likeness (QED) is 0.876. The Kier molecular flexibility index (Phi) is 5.09. The summed E-state index contributed by atoms with van der Waals surface area (Å²) in [6, 6.07) is 8.55. The third-order valence-corrected chi connectivity index (χ3v) is 5.23. The number of ether oxygens (including phenoxy) is 1. The summed E-state index contributed by atoms with van der Waals surface area (Å²) in [5.41, 5.74) is 1.23. The minimum absolute atomic E-state index is 0.243. The van der Waals surface area contributed by atoms with Gasteiger partial charge in [-0.2, -0.15) is 0 Å². The number of methoxy groups -OCH3 is 1. The molecule has 1 aliphatic heterocycles. The second-order valence-electron chi connectivity index (χ2n) is 7.05. The zero-order valence-electron chi connectivity index (χ0n) is 14.3. The second-order valence-corrected chi connectivity index (χ2v) is 7.05.